The average molecular weight is 276 g/mol. The summed E-state index contributed by atoms with van der Waals surface area (Å²) >= 11 is 0. The lowest BCUT2D eigenvalue weighted by Gasteiger charge is -2.31. The standard InChI is InChI=1S/C15H20N2O3/c1-4-12(14(18)19)16(3)15(20)17-10(2)9-11-7-5-6-8-13(11)17/h5-8,10,12H,4,9H2,1-3H3,(H,18,19). The van der Waals surface area contributed by atoms with Crippen molar-refractivity contribution >= 4 is 17.7 Å². The molecular weight excluding hydrogens is 256 g/mol. The zero-order valence-corrected chi connectivity index (χ0v) is 12.0. The molecule has 0 saturated carbocycles. The smallest absolute Gasteiger partial charge is 0.326 e. The van der Waals surface area contributed by atoms with Crippen LogP contribution < -0.4 is 4.90 Å². The molecule has 1 aliphatic rings. The molecule has 0 spiro atoms. The zero-order valence-electron chi connectivity index (χ0n) is 12.0. The van der Waals surface area contributed by atoms with Gasteiger partial charge in [-0.05, 0) is 31.4 Å². The van der Waals surface area contributed by atoms with Gasteiger partial charge in [0, 0.05) is 18.8 Å². The van der Waals surface area contributed by atoms with E-state index in [9.17, 15) is 14.7 Å². The highest BCUT2D eigenvalue weighted by atomic mass is 16.4. The fourth-order valence-electron chi connectivity index (χ4n) is 2.77. The van der Waals surface area contributed by atoms with Crippen LogP contribution in [-0.4, -0.2) is 41.1 Å². The molecule has 0 bridgehead atoms. The number of fused-ring (bicyclic) bond motifs is 1. The lowest BCUT2D eigenvalue weighted by atomic mass is 10.1. The number of amides is 2. The van der Waals surface area contributed by atoms with Gasteiger partial charge in [0.25, 0.3) is 0 Å². The van der Waals surface area contributed by atoms with Crippen molar-refractivity contribution in [3.63, 3.8) is 0 Å². The van der Waals surface area contributed by atoms with Crippen LogP contribution in [0.15, 0.2) is 24.3 Å². The minimum atomic E-state index is -0.969. The topological polar surface area (TPSA) is 60.9 Å². The van der Waals surface area contributed by atoms with Crippen LogP contribution in [0.1, 0.15) is 25.8 Å². The summed E-state index contributed by atoms with van der Waals surface area (Å²) in [7, 11) is 1.55. The molecule has 1 heterocycles. The van der Waals surface area contributed by atoms with Crippen LogP contribution in [0.25, 0.3) is 0 Å². The quantitative estimate of drug-likeness (QED) is 0.921. The molecular formula is C15H20N2O3. The van der Waals surface area contributed by atoms with Crippen molar-refractivity contribution in [3.8, 4) is 0 Å². The van der Waals surface area contributed by atoms with E-state index in [0.717, 1.165) is 17.7 Å². The summed E-state index contributed by atoms with van der Waals surface area (Å²) < 4.78 is 0. The monoisotopic (exact) mass is 276 g/mol. The number of likely N-dealkylation sites (N-methyl/N-ethyl adjacent to an activating group) is 1. The van der Waals surface area contributed by atoms with Crippen molar-refractivity contribution in [2.45, 2.75) is 38.8 Å². The maximum atomic E-state index is 12.6. The van der Waals surface area contributed by atoms with Crippen molar-refractivity contribution in [2.24, 2.45) is 0 Å². The molecule has 2 rings (SSSR count). The Morgan fingerprint density at radius 2 is 2.10 bits per heavy atom. The summed E-state index contributed by atoms with van der Waals surface area (Å²) in [5.41, 5.74) is 2.02. The molecule has 108 valence electrons. The van der Waals surface area contributed by atoms with Gasteiger partial charge in [0.15, 0.2) is 0 Å². The Hall–Kier alpha value is -2.04. The molecule has 0 fully saturated rings. The summed E-state index contributed by atoms with van der Waals surface area (Å²) in [5.74, 6) is -0.969. The first-order valence-electron chi connectivity index (χ1n) is 6.84. The van der Waals surface area contributed by atoms with Gasteiger partial charge in [0.05, 0.1) is 0 Å². The molecule has 0 aromatic heterocycles. The highest BCUT2D eigenvalue weighted by molar-refractivity contribution is 5.96. The van der Waals surface area contributed by atoms with E-state index in [1.165, 1.54) is 4.90 Å². The van der Waals surface area contributed by atoms with Crippen LogP contribution in [0.3, 0.4) is 0 Å². The van der Waals surface area contributed by atoms with E-state index in [1.54, 1.807) is 18.9 Å². The summed E-state index contributed by atoms with van der Waals surface area (Å²) in [6, 6.07) is 6.77. The number of rotatable bonds is 3. The lowest BCUT2D eigenvalue weighted by Crippen LogP contribution is -2.50. The Labute approximate surface area is 118 Å². The van der Waals surface area contributed by atoms with Crippen molar-refractivity contribution in [1.29, 1.82) is 0 Å². The Kier molecular flexibility index (Phi) is 3.97. The lowest BCUT2D eigenvalue weighted by molar-refractivity contribution is -0.141. The number of aliphatic carboxylic acids is 1. The number of carboxylic acid groups (broad SMARTS) is 1. The predicted molar refractivity (Wildman–Crippen MR) is 77.0 cm³/mol. The van der Waals surface area contributed by atoms with Gasteiger partial charge in [-0.15, -0.1) is 0 Å². The van der Waals surface area contributed by atoms with Gasteiger partial charge in [0.1, 0.15) is 6.04 Å². The highest BCUT2D eigenvalue weighted by Gasteiger charge is 2.35. The van der Waals surface area contributed by atoms with Gasteiger partial charge in [-0.1, -0.05) is 25.1 Å². The molecule has 2 amide bonds. The molecule has 2 unspecified atom stereocenters. The Morgan fingerprint density at radius 1 is 1.45 bits per heavy atom. The minimum Gasteiger partial charge on any atom is -0.480 e. The molecule has 1 aliphatic heterocycles. The molecule has 1 N–H and O–H groups in total. The van der Waals surface area contributed by atoms with Crippen LogP contribution in [0, 0.1) is 0 Å². The van der Waals surface area contributed by atoms with Crippen molar-refractivity contribution in [1.82, 2.24) is 4.90 Å². The minimum absolute atomic E-state index is 0.0497. The predicted octanol–water partition coefficient (Wildman–Crippen LogP) is 2.35. The van der Waals surface area contributed by atoms with Crippen LogP contribution in [-0.2, 0) is 11.2 Å². The summed E-state index contributed by atoms with van der Waals surface area (Å²) in [6.07, 6.45) is 1.20. The number of hydrogen-bond acceptors (Lipinski definition) is 2. The normalized spacial score (nSPS) is 18.6. The van der Waals surface area contributed by atoms with Crippen molar-refractivity contribution in [2.75, 3.05) is 11.9 Å². The number of carboxylic acids is 1. The number of para-hydroxylation sites is 1. The zero-order chi connectivity index (χ0) is 14.9. The van der Waals surface area contributed by atoms with Crippen LogP contribution in [0.5, 0.6) is 0 Å². The Balaban J connectivity index is 2.27. The third-order valence-electron chi connectivity index (χ3n) is 3.85. The summed E-state index contributed by atoms with van der Waals surface area (Å²) in [4.78, 5) is 26.8. The number of urea groups is 1. The van der Waals surface area contributed by atoms with E-state index in [4.69, 9.17) is 0 Å². The van der Waals surface area contributed by atoms with Crippen molar-refractivity contribution in [3.05, 3.63) is 29.8 Å². The molecule has 20 heavy (non-hydrogen) atoms. The average Bonchev–Trinajstić information content (AvgIpc) is 2.74. The molecule has 5 heteroatoms. The second-order valence-electron chi connectivity index (χ2n) is 5.21. The van der Waals surface area contributed by atoms with Gasteiger partial charge in [-0.2, -0.15) is 0 Å². The fraction of sp³-hybridized carbons (Fsp3) is 0.467. The van der Waals surface area contributed by atoms with Gasteiger partial charge in [-0.3, -0.25) is 4.90 Å². The summed E-state index contributed by atoms with van der Waals surface area (Å²) in [5, 5.41) is 9.18. The molecule has 0 saturated heterocycles. The van der Waals surface area contributed by atoms with E-state index in [0.29, 0.717) is 6.42 Å². The van der Waals surface area contributed by atoms with Crippen molar-refractivity contribution < 1.29 is 14.7 Å². The first kappa shape index (κ1) is 14.4. The maximum absolute atomic E-state index is 12.6. The number of anilines is 1. The molecule has 1 aromatic carbocycles. The molecule has 0 aliphatic carbocycles. The van der Waals surface area contributed by atoms with E-state index in [1.807, 2.05) is 31.2 Å². The van der Waals surface area contributed by atoms with E-state index in [-0.39, 0.29) is 12.1 Å². The fourth-order valence-corrected chi connectivity index (χ4v) is 2.77. The molecule has 1 aromatic rings. The SMILES string of the molecule is CCC(C(=O)O)N(C)C(=O)N1c2ccccc2CC1C. The first-order chi connectivity index (χ1) is 9.47. The number of hydrogen-bond donors (Lipinski definition) is 1. The van der Waals surface area contributed by atoms with E-state index >= 15 is 0 Å². The third-order valence-corrected chi connectivity index (χ3v) is 3.85. The van der Waals surface area contributed by atoms with Gasteiger partial charge in [-0.25, -0.2) is 9.59 Å². The summed E-state index contributed by atoms with van der Waals surface area (Å²) in [6.45, 7) is 3.75. The number of carbonyl (C=O) groups is 2. The highest BCUT2D eigenvalue weighted by Crippen LogP contribution is 2.32. The number of benzene rings is 1. The van der Waals surface area contributed by atoms with Crippen LogP contribution in [0.4, 0.5) is 10.5 Å². The number of nitrogens with zero attached hydrogens (tertiary/aromatic N) is 2. The maximum Gasteiger partial charge on any atom is 0.326 e. The second-order valence-corrected chi connectivity index (χ2v) is 5.21. The van der Waals surface area contributed by atoms with Crippen LogP contribution in [0.2, 0.25) is 0 Å². The Morgan fingerprint density at radius 3 is 2.70 bits per heavy atom. The molecule has 0 radical (unpaired) electrons. The van der Waals surface area contributed by atoms with Gasteiger partial charge in [0.2, 0.25) is 0 Å². The number of carbonyl (C=O) groups excluding carboxylic acids is 1. The molecule has 2 atom stereocenters. The largest absolute Gasteiger partial charge is 0.480 e. The van der Waals surface area contributed by atoms with E-state index < -0.39 is 12.0 Å². The first-order valence-corrected chi connectivity index (χ1v) is 6.84. The Bertz CT molecular complexity index is 530. The third kappa shape index (κ3) is 2.35. The van der Waals surface area contributed by atoms with Gasteiger partial charge >= 0.3 is 12.0 Å². The molecule has 5 nitrogen and oxygen atoms in total. The van der Waals surface area contributed by atoms with Crippen LogP contribution >= 0.6 is 0 Å². The van der Waals surface area contributed by atoms with E-state index in [2.05, 4.69) is 0 Å². The van der Waals surface area contributed by atoms with Gasteiger partial charge < -0.3 is 10.0 Å². The second kappa shape index (κ2) is 5.53.